The van der Waals surface area contributed by atoms with Crippen LogP contribution in [0, 0.1) is 0 Å². The number of hydrogen-bond donors (Lipinski definition) is 2. The maximum absolute atomic E-state index is 11.6. The van der Waals surface area contributed by atoms with Crippen molar-refractivity contribution in [3.05, 3.63) is 29.8 Å². The van der Waals surface area contributed by atoms with E-state index in [9.17, 15) is 4.79 Å². The van der Waals surface area contributed by atoms with Gasteiger partial charge in [-0.3, -0.25) is 4.79 Å². The molecule has 0 aromatic heterocycles. The quantitative estimate of drug-likeness (QED) is 0.715. The van der Waals surface area contributed by atoms with Crippen LogP contribution < -0.4 is 11.1 Å². The summed E-state index contributed by atoms with van der Waals surface area (Å²) in [7, 11) is 2.04. The molecule has 0 unspecified atom stereocenters. The van der Waals surface area contributed by atoms with Gasteiger partial charge in [-0.25, -0.2) is 0 Å². The van der Waals surface area contributed by atoms with Crippen molar-refractivity contribution in [1.82, 2.24) is 10.2 Å². The maximum atomic E-state index is 11.6. The fourth-order valence-electron chi connectivity index (χ4n) is 1.64. The summed E-state index contributed by atoms with van der Waals surface area (Å²) in [4.78, 5) is 13.8. The molecule has 0 aliphatic heterocycles. The van der Waals surface area contributed by atoms with Crippen LogP contribution in [0.2, 0.25) is 0 Å². The van der Waals surface area contributed by atoms with Crippen molar-refractivity contribution in [2.24, 2.45) is 0 Å². The summed E-state index contributed by atoms with van der Waals surface area (Å²) in [5.41, 5.74) is 7.54. The van der Waals surface area contributed by atoms with Crippen molar-refractivity contribution < 1.29 is 4.79 Å². The third-order valence-electron chi connectivity index (χ3n) is 2.95. The van der Waals surface area contributed by atoms with Crippen LogP contribution in [0.4, 0.5) is 5.69 Å². The number of carbonyl (C=O) groups is 1. The van der Waals surface area contributed by atoms with E-state index in [2.05, 4.69) is 17.1 Å². The molecule has 0 heterocycles. The summed E-state index contributed by atoms with van der Waals surface area (Å²) in [5.74, 6) is 0.0990. The first kappa shape index (κ1) is 14.5. The zero-order chi connectivity index (χ0) is 13.4. The largest absolute Gasteiger partial charge is 0.399 e. The Labute approximate surface area is 109 Å². The second kappa shape index (κ2) is 7.71. The van der Waals surface area contributed by atoms with Crippen LogP contribution in [-0.4, -0.2) is 37.5 Å². The molecule has 18 heavy (non-hydrogen) atoms. The number of anilines is 1. The van der Waals surface area contributed by atoms with Crippen molar-refractivity contribution in [2.75, 3.05) is 32.4 Å². The van der Waals surface area contributed by atoms with Gasteiger partial charge < -0.3 is 16.0 Å². The lowest BCUT2D eigenvalue weighted by Crippen LogP contribution is -2.32. The highest BCUT2D eigenvalue weighted by Crippen LogP contribution is 2.08. The Morgan fingerprint density at radius 2 is 2.22 bits per heavy atom. The predicted octanol–water partition coefficient (Wildman–Crippen LogP) is 1.27. The smallest absolute Gasteiger partial charge is 0.220 e. The zero-order valence-corrected chi connectivity index (χ0v) is 11.3. The number of carbonyl (C=O) groups excluding carboxylic acids is 1. The molecule has 4 nitrogen and oxygen atoms in total. The van der Waals surface area contributed by atoms with Gasteiger partial charge in [0.15, 0.2) is 0 Å². The van der Waals surface area contributed by atoms with Crippen LogP contribution >= 0.6 is 0 Å². The van der Waals surface area contributed by atoms with Gasteiger partial charge in [0.25, 0.3) is 0 Å². The van der Waals surface area contributed by atoms with E-state index >= 15 is 0 Å². The Morgan fingerprint density at radius 3 is 2.89 bits per heavy atom. The van der Waals surface area contributed by atoms with Crippen LogP contribution in [0.3, 0.4) is 0 Å². The van der Waals surface area contributed by atoms with Crippen molar-refractivity contribution in [3.63, 3.8) is 0 Å². The molecule has 0 radical (unpaired) electrons. The van der Waals surface area contributed by atoms with Gasteiger partial charge in [-0.05, 0) is 37.7 Å². The fourth-order valence-corrected chi connectivity index (χ4v) is 1.64. The van der Waals surface area contributed by atoms with Crippen molar-refractivity contribution in [2.45, 2.75) is 19.8 Å². The van der Waals surface area contributed by atoms with E-state index in [0.29, 0.717) is 13.0 Å². The average Bonchev–Trinajstić information content (AvgIpc) is 2.36. The highest BCUT2D eigenvalue weighted by atomic mass is 16.1. The summed E-state index contributed by atoms with van der Waals surface area (Å²) in [6, 6.07) is 7.68. The molecule has 1 aromatic carbocycles. The van der Waals surface area contributed by atoms with Crippen LogP contribution in [-0.2, 0) is 11.2 Å². The van der Waals surface area contributed by atoms with Crippen LogP contribution in [0.25, 0.3) is 0 Å². The van der Waals surface area contributed by atoms with E-state index < -0.39 is 0 Å². The molecule has 0 atom stereocenters. The van der Waals surface area contributed by atoms with Gasteiger partial charge >= 0.3 is 0 Å². The number of nitrogens with one attached hydrogen (secondary N) is 1. The number of nitrogens with zero attached hydrogens (tertiary/aromatic N) is 1. The molecule has 0 fully saturated rings. The maximum Gasteiger partial charge on any atom is 0.220 e. The first-order valence-electron chi connectivity index (χ1n) is 6.41. The molecule has 1 amide bonds. The Kier molecular flexibility index (Phi) is 6.22. The fraction of sp³-hybridized carbons (Fsp3) is 0.500. The van der Waals surface area contributed by atoms with E-state index in [0.717, 1.165) is 30.8 Å². The van der Waals surface area contributed by atoms with Crippen LogP contribution in [0.5, 0.6) is 0 Å². The molecule has 0 saturated carbocycles. The number of aryl methyl sites for hydroxylation is 1. The highest BCUT2D eigenvalue weighted by molar-refractivity contribution is 5.76. The molecular weight excluding hydrogens is 226 g/mol. The second-order valence-corrected chi connectivity index (χ2v) is 4.49. The molecule has 1 rings (SSSR count). The van der Waals surface area contributed by atoms with E-state index in [1.165, 1.54) is 0 Å². The zero-order valence-electron chi connectivity index (χ0n) is 11.3. The minimum atomic E-state index is 0.0990. The van der Waals surface area contributed by atoms with Gasteiger partial charge in [-0.15, -0.1) is 0 Å². The molecule has 100 valence electrons. The Hall–Kier alpha value is -1.55. The molecule has 1 aromatic rings. The number of benzene rings is 1. The Balaban J connectivity index is 2.21. The molecule has 4 heteroatoms. The van der Waals surface area contributed by atoms with Crippen LogP contribution in [0.1, 0.15) is 18.9 Å². The predicted molar refractivity (Wildman–Crippen MR) is 75.4 cm³/mol. The highest BCUT2D eigenvalue weighted by Gasteiger charge is 2.02. The third-order valence-corrected chi connectivity index (χ3v) is 2.95. The monoisotopic (exact) mass is 249 g/mol. The van der Waals surface area contributed by atoms with Gasteiger partial charge in [0.2, 0.25) is 5.91 Å². The Bertz CT molecular complexity index is 379. The molecule has 0 saturated heterocycles. The lowest BCUT2D eigenvalue weighted by atomic mass is 10.1. The van der Waals surface area contributed by atoms with Gasteiger partial charge in [0.1, 0.15) is 0 Å². The number of nitrogens with two attached hydrogens (primary N) is 1. The van der Waals surface area contributed by atoms with E-state index in [1.54, 1.807) is 0 Å². The number of rotatable bonds is 7. The number of likely N-dealkylation sites (N-methyl/N-ethyl adjacent to an activating group) is 1. The lowest BCUT2D eigenvalue weighted by molar-refractivity contribution is -0.121. The van der Waals surface area contributed by atoms with Gasteiger partial charge in [-0.2, -0.15) is 0 Å². The third kappa shape index (κ3) is 5.68. The van der Waals surface area contributed by atoms with E-state index in [4.69, 9.17) is 5.73 Å². The molecule has 0 spiro atoms. The first-order valence-corrected chi connectivity index (χ1v) is 6.41. The van der Waals surface area contributed by atoms with E-state index in [-0.39, 0.29) is 5.91 Å². The van der Waals surface area contributed by atoms with Crippen LogP contribution in [0.15, 0.2) is 24.3 Å². The summed E-state index contributed by atoms with van der Waals surface area (Å²) in [6.45, 7) is 4.70. The van der Waals surface area contributed by atoms with E-state index in [1.807, 2.05) is 31.3 Å². The minimum Gasteiger partial charge on any atom is -0.399 e. The minimum absolute atomic E-state index is 0.0990. The summed E-state index contributed by atoms with van der Waals surface area (Å²) in [5, 5.41) is 2.92. The second-order valence-electron chi connectivity index (χ2n) is 4.49. The summed E-state index contributed by atoms with van der Waals surface area (Å²) >= 11 is 0. The standard InChI is InChI=1S/C14H23N3O/c1-3-17(2)10-9-16-14(18)8-7-12-5-4-6-13(15)11-12/h4-6,11H,3,7-10,15H2,1-2H3,(H,16,18). The normalized spacial score (nSPS) is 10.6. The molecule has 0 aliphatic carbocycles. The molecule has 0 bridgehead atoms. The lowest BCUT2D eigenvalue weighted by Gasteiger charge is -2.13. The Morgan fingerprint density at radius 1 is 1.44 bits per heavy atom. The first-order chi connectivity index (χ1) is 8.61. The average molecular weight is 249 g/mol. The van der Waals surface area contributed by atoms with Gasteiger partial charge in [0.05, 0.1) is 0 Å². The van der Waals surface area contributed by atoms with Crippen molar-refractivity contribution in [1.29, 1.82) is 0 Å². The summed E-state index contributed by atoms with van der Waals surface area (Å²) < 4.78 is 0. The topological polar surface area (TPSA) is 58.4 Å². The molecule has 3 N–H and O–H groups in total. The number of hydrogen-bond acceptors (Lipinski definition) is 3. The van der Waals surface area contributed by atoms with Crippen molar-refractivity contribution >= 4 is 11.6 Å². The van der Waals surface area contributed by atoms with Gasteiger partial charge in [-0.1, -0.05) is 19.1 Å². The number of nitrogen functional groups attached to an aromatic ring is 1. The van der Waals surface area contributed by atoms with Gasteiger partial charge in [0, 0.05) is 25.2 Å². The number of amides is 1. The molecular formula is C14H23N3O. The molecule has 0 aliphatic rings. The SMILES string of the molecule is CCN(C)CCNC(=O)CCc1cccc(N)c1. The van der Waals surface area contributed by atoms with Crippen molar-refractivity contribution in [3.8, 4) is 0 Å². The summed E-state index contributed by atoms with van der Waals surface area (Å²) in [6.07, 6.45) is 1.25.